The van der Waals surface area contributed by atoms with Crippen LogP contribution in [-0.4, -0.2) is 17.7 Å². The van der Waals surface area contributed by atoms with Crippen LogP contribution in [0, 0.1) is 5.92 Å². The minimum Gasteiger partial charge on any atom is -0.363 e. The summed E-state index contributed by atoms with van der Waals surface area (Å²) in [5, 5.41) is 7.32. The second-order valence-corrected chi connectivity index (χ2v) is 4.34. The van der Waals surface area contributed by atoms with Gasteiger partial charge >= 0.3 is 0 Å². The highest BCUT2D eigenvalue weighted by Crippen LogP contribution is 2.05. The molecule has 0 saturated carbocycles. The van der Waals surface area contributed by atoms with Crippen molar-refractivity contribution in [3.8, 4) is 0 Å². The van der Waals surface area contributed by atoms with Gasteiger partial charge in [-0.05, 0) is 31.5 Å². The number of rotatable bonds is 6. The zero-order valence-electron chi connectivity index (χ0n) is 9.89. The molecule has 0 aliphatic heterocycles. The molecule has 0 saturated heterocycles. The van der Waals surface area contributed by atoms with E-state index in [-0.39, 0.29) is 0 Å². The molecule has 0 bridgehead atoms. The molecule has 0 aliphatic rings. The van der Waals surface area contributed by atoms with Gasteiger partial charge in [-0.1, -0.05) is 33.6 Å². The Morgan fingerprint density at radius 3 is 2.43 bits per heavy atom. The normalized spacial score (nSPS) is 14.6. The van der Waals surface area contributed by atoms with Crippen molar-refractivity contribution in [3.63, 3.8) is 0 Å². The number of nitrogens with one attached hydrogen (secondary N) is 2. The van der Waals surface area contributed by atoms with Gasteiger partial charge in [-0.3, -0.25) is 0 Å². The molecular weight excluding hydrogens is 192 g/mol. The van der Waals surface area contributed by atoms with E-state index < -0.39 is 0 Å². The van der Waals surface area contributed by atoms with Gasteiger partial charge in [0.05, 0.1) is 0 Å². The maximum atomic E-state index is 5.19. The maximum Gasteiger partial charge on any atom is 0.166 e. The Balaban J connectivity index is 3.60. The van der Waals surface area contributed by atoms with Crippen LogP contribution < -0.4 is 10.6 Å². The van der Waals surface area contributed by atoms with Gasteiger partial charge in [0.2, 0.25) is 0 Å². The topological polar surface area (TPSA) is 24.1 Å². The van der Waals surface area contributed by atoms with Gasteiger partial charge in [0.25, 0.3) is 0 Å². The van der Waals surface area contributed by atoms with E-state index in [2.05, 4.69) is 38.3 Å². The Morgan fingerprint density at radius 1 is 1.29 bits per heavy atom. The predicted molar refractivity (Wildman–Crippen MR) is 67.6 cm³/mol. The molecule has 2 N–H and O–H groups in total. The molecule has 84 valence electrons. The molecule has 2 atom stereocenters. The lowest BCUT2D eigenvalue weighted by Gasteiger charge is -2.21. The number of hydrogen-bond donors (Lipinski definition) is 2. The molecule has 0 aliphatic carbocycles. The molecule has 0 fully saturated rings. The first-order valence-electron chi connectivity index (χ1n) is 5.66. The molecule has 0 aromatic rings. The van der Waals surface area contributed by atoms with E-state index in [1.165, 1.54) is 19.3 Å². The van der Waals surface area contributed by atoms with Crippen molar-refractivity contribution < 1.29 is 0 Å². The molecule has 14 heavy (non-hydrogen) atoms. The average molecular weight is 216 g/mol. The average Bonchev–Trinajstić information content (AvgIpc) is 2.16. The van der Waals surface area contributed by atoms with Crippen molar-refractivity contribution in [2.45, 2.75) is 53.0 Å². The number of unbranched alkanes of at least 4 members (excludes halogenated alkanes) is 1. The first-order chi connectivity index (χ1) is 6.61. The summed E-state index contributed by atoms with van der Waals surface area (Å²) in [6, 6.07) is 0.460. The first kappa shape index (κ1) is 13.7. The van der Waals surface area contributed by atoms with Crippen LogP contribution in [0.5, 0.6) is 0 Å². The fourth-order valence-corrected chi connectivity index (χ4v) is 1.42. The lowest BCUT2D eigenvalue weighted by molar-refractivity contribution is 0.435. The van der Waals surface area contributed by atoms with Crippen molar-refractivity contribution in [2.24, 2.45) is 5.92 Å². The monoisotopic (exact) mass is 216 g/mol. The summed E-state index contributed by atoms with van der Waals surface area (Å²) in [6.07, 6.45) is 3.57. The fraction of sp³-hybridized carbons (Fsp3) is 0.909. The summed E-state index contributed by atoms with van der Waals surface area (Å²) in [5.74, 6) is 0.668. The highest BCUT2D eigenvalue weighted by Gasteiger charge is 2.10. The van der Waals surface area contributed by atoms with Crippen molar-refractivity contribution in [1.82, 2.24) is 10.6 Å². The van der Waals surface area contributed by atoms with Gasteiger partial charge in [0, 0.05) is 12.6 Å². The molecule has 3 heteroatoms. The van der Waals surface area contributed by atoms with Crippen molar-refractivity contribution in [1.29, 1.82) is 0 Å². The molecular formula is C11H24N2S. The third kappa shape index (κ3) is 6.19. The zero-order chi connectivity index (χ0) is 11.0. The molecule has 0 rings (SSSR count). The standard InChI is InChI=1S/C11H24N2S/c1-5-7-8-12-11(14)13-10(4)9(3)6-2/h9-10H,5-8H2,1-4H3,(H2,12,13,14). The summed E-state index contributed by atoms with van der Waals surface area (Å²) in [6.45, 7) is 9.79. The highest BCUT2D eigenvalue weighted by atomic mass is 32.1. The molecule has 0 amide bonds. The molecule has 0 aromatic carbocycles. The summed E-state index contributed by atoms with van der Waals surface area (Å²) < 4.78 is 0. The third-order valence-corrected chi connectivity index (χ3v) is 2.93. The molecule has 0 radical (unpaired) electrons. The van der Waals surface area contributed by atoms with Crippen LogP contribution in [-0.2, 0) is 0 Å². The number of thiocarbonyl (C=S) groups is 1. The summed E-state index contributed by atoms with van der Waals surface area (Å²) in [4.78, 5) is 0. The molecule has 0 spiro atoms. The van der Waals surface area contributed by atoms with E-state index in [1.54, 1.807) is 0 Å². The molecule has 2 nitrogen and oxygen atoms in total. The quantitative estimate of drug-likeness (QED) is 0.527. The highest BCUT2D eigenvalue weighted by molar-refractivity contribution is 7.80. The Bertz CT molecular complexity index is 159. The van der Waals surface area contributed by atoms with E-state index in [4.69, 9.17) is 12.2 Å². The van der Waals surface area contributed by atoms with Crippen LogP contribution in [0.3, 0.4) is 0 Å². The van der Waals surface area contributed by atoms with Crippen LogP contribution in [0.15, 0.2) is 0 Å². The van der Waals surface area contributed by atoms with Crippen LogP contribution >= 0.6 is 12.2 Å². The van der Waals surface area contributed by atoms with Crippen LogP contribution in [0.2, 0.25) is 0 Å². The Hall–Kier alpha value is -0.310. The lowest BCUT2D eigenvalue weighted by Crippen LogP contribution is -2.43. The first-order valence-corrected chi connectivity index (χ1v) is 6.07. The van der Waals surface area contributed by atoms with E-state index in [1.807, 2.05) is 0 Å². The van der Waals surface area contributed by atoms with Crippen molar-refractivity contribution in [2.75, 3.05) is 6.54 Å². The van der Waals surface area contributed by atoms with Gasteiger partial charge in [-0.2, -0.15) is 0 Å². The van der Waals surface area contributed by atoms with Gasteiger partial charge in [0.1, 0.15) is 0 Å². The minimum absolute atomic E-state index is 0.460. The summed E-state index contributed by atoms with van der Waals surface area (Å²) >= 11 is 5.19. The van der Waals surface area contributed by atoms with Gasteiger partial charge in [-0.15, -0.1) is 0 Å². The molecule has 0 aromatic heterocycles. The van der Waals surface area contributed by atoms with Crippen LogP contribution in [0.25, 0.3) is 0 Å². The van der Waals surface area contributed by atoms with E-state index in [9.17, 15) is 0 Å². The van der Waals surface area contributed by atoms with Crippen LogP contribution in [0.4, 0.5) is 0 Å². The summed E-state index contributed by atoms with van der Waals surface area (Å²) in [7, 11) is 0. The largest absolute Gasteiger partial charge is 0.363 e. The Morgan fingerprint density at radius 2 is 1.93 bits per heavy atom. The predicted octanol–water partition coefficient (Wildman–Crippen LogP) is 2.69. The lowest BCUT2D eigenvalue weighted by atomic mass is 10.0. The van der Waals surface area contributed by atoms with Crippen molar-refractivity contribution >= 4 is 17.3 Å². The zero-order valence-corrected chi connectivity index (χ0v) is 10.7. The van der Waals surface area contributed by atoms with E-state index in [0.29, 0.717) is 12.0 Å². The smallest absolute Gasteiger partial charge is 0.166 e. The third-order valence-electron chi connectivity index (χ3n) is 2.67. The second-order valence-electron chi connectivity index (χ2n) is 3.93. The van der Waals surface area contributed by atoms with Crippen LogP contribution in [0.1, 0.15) is 47.0 Å². The van der Waals surface area contributed by atoms with Gasteiger partial charge in [0.15, 0.2) is 5.11 Å². The summed E-state index contributed by atoms with van der Waals surface area (Å²) in [5.41, 5.74) is 0. The van der Waals surface area contributed by atoms with Gasteiger partial charge < -0.3 is 10.6 Å². The van der Waals surface area contributed by atoms with E-state index in [0.717, 1.165) is 11.7 Å². The minimum atomic E-state index is 0.460. The van der Waals surface area contributed by atoms with Crippen molar-refractivity contribution in [3.05, 3.63) is 0 Å². The Kier molecular flexibility index (Phi) is 7.86. The fourth-order valence-electron chi connectivity index (χ4n) is 1.13. The maximum absolute atomic E-state index is 5.19. The van der Waals surface area contributed by atoms with Gasteiger partial charge in [-0.25, -0.2) is 0 Å². The Labute approximate surface area is 93.8 Å². The molecule has 2 unspecified atom stereocenters. The SMILES string of the molecule is CCCCNC(=S)NC(C)C(C)CC. The van der Waals surface area contributed by atoms with E-state index >= 15 is 0 Å². The number of hydrogen-bond acceptors (Lipinski definition) is 1. The second kappa shape index (κ2) is 8.04. The molecule has 0 heterocycles.